The van der Waals surface area contributed by atoms with E-state index in [0.717, 1.165) is 24.2 Å². The highest BCUT2D eigenvalue weighted by atomic mass is 32.1. The van der Waals surface area contributed by atoms with Gasteiger partial charge in [-0.15, -0.1) is 0 Å². The van der Waals surface area contributed by atoms with Gasteiger partial charge in [-0.05, 0) is 50.1 Å². The second kappa shape index (κ2) is 11.6. The fourth-order valence-corrected chi connectivity index (χ4v) is 5.22. The lowest BCUT2D eigenvalue weighted by molar-refractivity contribution is -0.132. The number of hydrogen-bond acceptors (Lipinski definition) is 9. The van der Waals surface area contributed by atoms with Crippen molar-refractivity contribution in [2.75, 3.05) is 18.1 Å². The van der Waals surface area contributed by atoms with Gasteiger partial charge in [-0.2, -0.15) is 0 Å². The van der Waals surface area contributed by atoms with E-state index in [1.165, 1.54) is 24.2 Å². The first-order chi connectivity index (χ1) is 18.3. The van der Waals surface area contributed by atoms with Crippen molar-refractivity contribution in [1.82, 2.24) is 9.97 Å². The first-order valence-corrected chi connectivity index (χ1v) is 13.2. The Labute approximate surface area is 224 Å². The second-order valence-corrected chi connectivity index (χ2v) is 9.69. The van der Waals surface area contributed by atoms with E-state index in [9.17, 15) is 19.5 Å². The highest BCUT2D eigenvalue weighted by molar-refractivity contribution is 7.18. The van der Waals surface area contributed by atoms with Crippen molar-refractivity contribution in [3.05, 3.63) is 70.0 Å². The Kier molecular flexibility index (Phi) is 8.21. The number of aromatic nitrogens is 2. The van der Waals surface area contributed by atoms with Crippen LogP contribution in [0.3, 0.4) is 0 Å². The van der Waals surface area contributed by atoms with E-state index in [1.807, 2.05) is 6.92 Å². The monoisotopic (exact) mass is 535 g/mol. The van der Waals surface area contributed by atoms with Crippen LogP contribution >= 0.6 is 11.3 Å². The summed E-state index contributed by atoms with van der Waals surface area (Å²) in [6, 6.07) is 7.27. The van der Waals surface area contributed by atoms with Crippen molar-refractivity contribution >= 4 is 39.7 Å². The molecule has 1 amide bonds. The van der Waals surface area contributed by atoms with Gasteiger partial charge in [0, 0.05) is 24.9 Å². The number of hydrogen-bond donors (Lipinski definition) is 1. The molecular weight excluding hydrogens is 506 g/mol. The van der Waals surface area contributed by atoms with Crippen molar-refractivity contribution in [3.63, 3.8) is 0 Å². The van der Waals surface area contributed by atoms with Crippen molar-refractivity contribution in [2.24, 2.45) is 0 Å². The van der Waals surface area contributed by atoms with E-state index < -0.39 is 17.7 Å². The molecule has 1 fully saturated rings. The van der Waals surface area contributed by atoms with E-state index >= 15 is 0 Å². The van der Waals surface area contributed by atoms with E-state index in [4.69, 9.17) is 9.47 Å². The van der Waals surface area contributed by atoms with Crippen LogP contribution in [0.15, 0.2) is 48.3 Å². The molecular formula is C28H29N3O6S. The number of aryl methyl sites for hydroxylation is 1. The summed E-state index contributed by atoms with van der Waals surface area (Å²) in [6.45, 7) is 7.90. The molecule has 1 aromatic carbocycles. The number of ketones is 2. The number of amides is 1. The molecule has 3 heterocycles. The third-order valence-corrected chi connectivity index (χ3v) is 7.31. The number of benzene rings is 1. The standard InChI is InChI=1S/C28H29N3O6S/c1-5-7-14-37-20-9-8-19(15-21(20)36-6-2)23-22(24(33)18-10-12-29-13-11-18)25(34)27(35)31(23)28-30-16(3)26(38-28)17(4)32/h8-13,15,23,33H,5-7,14H2,1-4H3. The van der Waals surface area contributed by atoms with Gasteiger partial charge in [0.15, 0.2) is 22.4 Å². The Morgan fingerprint density at radius 1 is 1.11 bits per heavy atom. The molecule has 0 saturated carbocycles. The molecule has 1 atom stereocenters. The van der Waals surface area contributed by atoms with E-state index in [1.54, 1.807) is 37.3 Å². The normalized spacial score (nSPS) is 16.6. The Morgan fingerprint density at radius 3 is 2.47 bits per heavy atom. The van der Waals surface area contributed by atoms with Gasteiger partial charge in [-0.3, -0.25) is 24.3 Å². The maximum atomic E-state index is 13.4. The Morgan fingerprint density at radius 2 is 1.84 bits per heavy atom. The molecule has 1 aliphatic rings. The first-order valence-electron chi connectivity index (χ1n) is 12.4. The zero-order chi connectivity index (χ0) is 27.4. The molecule has 0 radical (unpaired) electrons. The first kappa shape index (κ1) is 27.0. The predicted molar refractivity (Wildman–Crippen MR) is 144 cm³/mol. The molecule has 2 aromatic heterocycles. The van der Waals surface area contributed by atoms with Crippen LogP contribution in [0.25, 0.3) is 5.76 Å². The molecule has 0 spiro atoms. The van der Waals surface area contributed by atoms with Crippen molar-refractivity contribution in [1.29, 1.82) is 0 Å². The van der Waals surface area contributed by atoms with Crippen molar-refractivity contribution < 1.29 is 29.0 Å². The molecule has 1 N–H and O–H groups in total. The van der Waals surface area contributed by atoms with Crippen molar-refractivity contribution in [3.8, 4) is 11.5 Å². The Bertz CT molecular complexity index is 1400. The highest BCUT2D eigenvalue weighted by Crippen LogP contribution is 2.45. The van der Waals surface area contributed by atoms with Gasteiger partial charge in [-0.1, -0.05) is 30.7 Å². The topological polar surface area (TPSA) is 119 Å². The molecule has 10 heteroatoms. The fraction of sp³-hybridized carbons (Fsp3) is 0.321. The van der Waals surface area contributed by atoms with Crippen LogP contribution in [0.4, 0.5) is 5.13 Å². The number of anilines is 1. The van der Waals surface area contributed by atoms with Crippen LogP contribution in [0, 0.1) is 6.92 Å². The number of pyridine rings is 1. The smallest absolute Gasteiger partial charge is 0.301 e. The zero-order valence-corrected chi connectivity index (χ0v) is 22.5. The number of carbonyl (C=O) groups excluding carboxylic acids is 3. The molecule has 38 heavy (non-hydrogen) atoms. The van der Waals surface area contributed by atoms with Crippen LogP contribution in [0.1, 0.15) is 66.1 Å². The minimum absolute atomic E-state index is 0.0967. The third-order valence-electron chi connectivity index (χ3n) is 6.05. The van der Waals surface area contributed by atoms with Crippen LogP contribution in [-0.2, 0) is 9.59 Å². The number of unbranched alkanes of at least 4 members (excludes halogenated alkanes) is 1. The number of rotatable bonds is 10. The Hall–Kier alpha value is -4.05. The summed E-state index contributed by atoms with van der Waals surface area (Å²) in [5, 5.41) is 11.4. The van der Waals surface area contributed by atoms with E-state index in [-0.39, 0.29) is 22.2 Å². The summed E-state index contributed by atoms with van der Waals surface area (Å²) < 4.78 is 11.7. The summed E-state index contributed by atoms with van der Waals surface area (Å²) >= 11 is 1.03. The van der Waals surface area contributed by atoms with E-state index in [0.29, 0.717) is 46.4 Å². The molecule has 0 aliphatic carbocycles. The number of thiazole rings is 1. The summed E-state index contributed by atoms with van der Waals surface area (Å²) in [7, 11) is 0. The van der Waals surface area contributed by atoms with E-state index in [2.05, 4.69) is 16.9 Å². The molecule has 1 saturated heterocycles. The summed E-state index contributed by atoms with van der Waals surface area (Å²) in [5.74, 6) is -1.24. The average molecular weight is 536 g/mol. The SMILES string of the molecule is CCCCOc1ccc(C2C(=C(O)c3ccncc3)C(=O)C(=O)N2c2nc(C)c(C(C)=O)s2)cc1OCC. The molecule has 3 aromatic rings. The largest absolute Gasteiger partial charge is 0.507 e. The maximum Gasteiger partial charge on any atom is 0.301 e. The summed E-state index contributed by atoms with van der Waals surface area (Å²) in [4.78, 5) is 49.0. The summed E-state index contributed by atoms with van der Waals surface area (Å²) in [6.07, 6.45) is 4.82. The van der Waals surface area contributed by atoms with Gasteiger partial charge >= 0.3 is 5.91 Å². The van der Waals surface area contributed by atoms with Gasteiger partial charge in [-0.25, -0.2) is 4.98 Å². The van der Waals surface area contributed by atoms with Gasteiger partial charge in [0.25, 0.3) is 5.78 Å². The molecule has 198 valence electrons. The van der Waals surface area contributed by atoms with Crippen molar-refractivity contribution in [2.45, 2.75) is 46.6 Å². The van der Waals surface area contributed by atoms with Crippen LogP contribution in [0.5, 0.6) is 11.5 Å². The lowest BCUT2D eigenvalue weighted by Crippen LogP contribution is -2.29. The predicted octanol–water partition coefficient (Wildman–Crippen LogP) is 5.25. The highest BCUT2D eigenvalue weighted by Gasteiger charge is 2.48. The number of carbonyl (C=O) groups is 3. The number of aliphatic hydroxyl groups is 1. The molecule has 4 rings (SSSR count). The van der Waals surface area contributed by atoms with Gasteiger partial charge in [0.05, 0.1) is 35.4 Å². The fourth-order valence-electron chi connectivity index (χ4n) is 4.23. The third kappa shape index (κ3) is 5.17. The zero-order valence-electron chi connectivity index (χ0n) is 21.7. The van der Waals surface area contributed by atoms with Crippen LogP contribution in [0.2, 0.25) is 0 Å². The minimum Gasteiger partial charge on any atom is -0.507 e. The summed E-state index contributed by atoms with van der Waals surface area (Å²) in [5.41, 5.74) is 1.22. The second-order valence-electron chi connectivity index (χ2n) is 8.71. The number of aliphatic hydroxyl groups excluding tert-OH is 1. The molecule has 0 bridgehead atoms. The molecule has 1 aliphatic heterocycles. The minimum atomic E-state index is -1.02. The lowest BCUT2D eigenvalue weighted by Gasteiger charge is -2.24. The van der Waals surface area contributed by atoms with Crippen LogP contribution < -0.4 is 14.4 Å². The Balaban J connectivity index is 1.91. The average Bonchev–Trinajstić information content (AvgIpc) is 3.42. The number of ether oxygens (including phenoxy) is 2. The number of nitrogens with zero attached hydrogens (tertiary/aromatic N) is 3. The quantitative estimate of drug-likeness (QED) is 0.123. The maximum absolute atomic E-state index is 13.4. The lowest BCUT2D eigenvalue weighted by atomic mass is 9.95. The number of Topliss-reactive ketones (excluding diaryl/α,β-unsaturated/α-hetero) is 2. The molecule has 1 unspecified atom stereocenters. The van der Waals surface area contributed by atoms with Gasteiger partial charge < -0.3 is 14.6 Å². The molecule has 9 nitrogen and oxygen atoms in total. The van der Waals surface area contributed by atoms with Gasteiger partial charge in [0.2, 0.25) is 0 Å². The van der Waals surface area contributed by atoms with Gasteiger partial charge in [0.1, 0.15) is 5.76 Å². The van der Waals surface area contributed by atoms with Crippen LogP contribution in [-0.4, -0.2) is 45.8 Å².